The van der Waals surface area contributed by atoms with Gasteiger partial charge in [0.2, 0.25) is 11.8 Å². The summed E-state index contributed by atoms with van der Waals surface area (Å²) in [6, 6.07) is 3.89. The van der Waals surface area contributed by atoms with Crippen molar-refractivity contribution in [2.24, 2.45) is 5.92 Å². The number of rotatable bonds is 5. The molecule has 22 heavy (non-hydrogen) atoms. The molecule has 0 unspecified atom stereocenters. The molecule has 5 nitrogen and oxygen atoms in total. The maximum Gasteiger partial charge on any atom is 0.243 e. The number of hydrogen-bond acceptors (Lipinski definition) is 3. The van der Waals surface area contributed by atoms with Crippen LogP contribution in [0.1, 0.15) is 43.7 Å². The Bertz CT molecular complexity index is 550. The van der Waals surface area contributed by atoms with Crippen LogP contribution in [0, 0.1) is 12.8 Å². The standard InChI is InChI=1S/C17H24N2O3/c1-4-16(20)18-9-7-17(21)19-10-8-12(2)11-14(19)15-6-5-13(3)22-15/h4-6,12,14H,1,7-11H2,2-3H3,(H,18,20)/t12-,14-/m1/s1. The fourth-order valence-corrected chi connectivity index (χ4v) is 2.85. The predicted octanol–water partition coefficient (Wildman–Crippen LogP) is 2.58. The third kappa shape index (κ3) is 4.00. The molecule has 2 rings (SSSR count). The molecular weight excluding hydrogens is 280 g/mol. The number of nitrogens with zero attached hydrogens (tertiary/aromatic N) is 1. The highest BCUT2D eigenvalue weighted by Crippen LogP contribution is 2.35. The molecule has 1 aromatic rings. The fraction of sp³-hybridized carbons (Fsp3) is 0.529. The van der Waals surface area contributed by atoms with E-state index >= 15 is 0 Å². The van der Waals surface area contributed by atoms with Crippen molar-refractivity contribution < 1.29 is 14.0 Å². The number of carbonyl (C=O) groups is 2. The van der Waals surface area contributed by atoms with Crippen molar-refractivity contribution in [1.82, 2.24) is 10.2 Å². The summed E-state index contributed by atoms with van der Waals surface area (Å²) in [7, 11) is 0. The zero-order valence-electron chi connectivity index (χ0n) is 13.3. The SMILES string of the molecule is C=CC(=O)NCCC(=O)N1CC[C@@H](C)C[C@@H]1c1ccc(C)o1. The van der Waals surface area contributed by atoms with Crippen molar-refractivity contribution in [2.45, 2.75) is 39.2 Å². The van der Waals surface area contributed by atoms with E-state index in [1.54, 1.807) is 0 Å². The summed E-state index contributed by atoms with van der Waals surface area (Å²) >= 11 is 0. The summed E-state index contributed by atoms with van der Waals surface area (Å²) in [5.74, 6) is 2.08. The molecule has 2 amide bonds. The first-order valence-corrected chi connectivity index (χ1v) is 7.77. The van der Waals surface area contributed by atoms with Gasteiger partial charge >= 0.3 is 0 Å². The van der Waals surface area contributed by atoms with E-state index in [9.17, 15) is 9.59 Å². The van der Waals surface area contributed by atoms with E-state index < -0.39 is 0 Å². The quantitative estimate of drug-likeness (QED) is 0.850. The Balaban J connectivity index is 2.01. The molecule has 0 spiro atoms. The molecule has 1 N–H and O–H groups in total. The maximum atomic E-state index is 12.5. The third-order valence-corrected chi connectivity index (χ3v) is 4.10. The normalized spacial score (nSPS) is 21.5. The minimum absolute atomic E-state index is 0.0000517. The van der Waals surface area contributed by atoms with Gasteiger partial charge in [0.05, 0.1) is 6.04 Å². The fourth-order valence-electron chi connectivity index (χ4n) is 2.85. The van der Waals surface area contributed by atoms with Crippen LogP contribution in [0.5, 0.6) is 0 Å². The molecule has 1 fully saturated rings. The van der Waals surface area contributed by atoms with E-state index in [1.165, 1.54) is 6.08 Å². The van der Waals surface area contributed by atoms with Crippen LogP contribution in [0.3, 0.4) is 0 Å². The van der Waals surface area contributed by atoms with Crippen LogP contribution < -0.4 is 5.32 Å². The molecular formula is C17H24N2O3. The van der Waals surface area contributed by atoms with Crippen molar-refractivity contribution in [3.8, 4) is 0 Å². The van der Waals surface area contributed by atoms with Crippen molar-refractivity contribution in [3.05, 3.63) is 36.3 Å². The molecule has 120 valence electrons. The highest BCUT2D eigenvalue weighted by Gasteiger charge is 2.32. The molecule has 1 aromatic heterocycles. The Morgan fingerprint density at radius 3 is 2.91 bits per heavy atom. The van der Waals surface area contributed by atoms with Gasteiger partial charge in [0.1, 0.15) is 11.5 Å². The topological polar surface area (TPSA) is 62.6 Å². The van der Waals surface area contributed by atoms with E-state index in [0.29, 0.717) is 18.9 Å². The molecule has 5 heteroatoms. The first kappa shape index (κ1) is 16.3. The van der Waals surface area contributed by atoms with Gasteiger partial charge in [-0.1, -0.05) is 13.5 Å². The monoisotopic (exact) mass is 304 g/mol. The number of carbonyl (C=O) groups excluding carboxylic acids is 2. The van der Waals surface area contributed by atoms with Crippen LogP contribution in [-0.4, -0.2) is 29.8 Å². The summed E-state index contributed by atoms with van der Waals surface area (Å²) in [5, 5.41) is 2.64. The van der Waals surface area contributed by atoms with Crippen LogP contribution in [0.4, 0.5) is 0 Å². The highest BCUT2D eigenvalue weighted by molar-refractivity contribution is 5.87. The number of furan rings is 1. The van der Waals surface area contributed by atoms with Gasteiger partial charge in [-0.15, -0.1) is 0 Å². The Kier molecular flexibility index (Phi) is 5.41. The molecule has 1 aliphatic rings. The second kappa shape index (κ2) is 7.29. The molecule has 0 bridgehead atoms. The Morgan fingerprint density at radius 1 is 1.50 bits per heavy atom. The molecule has 0 aliphatic carbocycles. The summed E-state index contributed by atoms with van der Waals surface area (Å²) < 4.78 is 5.73. The number of likely N-dealkylation sites (tertiary alicyclic amines) is 1. The first-order chi connectivity index (χ1) is 10.5. The zero-order chi connectivity index (χ0) is 16.1. The zero-order valence-corrected chi connectivity index (χ0v) is 13.3. The van der Waals surface area contributed by atoms with Crippen LogP contribution in [-0.2, 0) is 9.59 Å². The van der Waals surface area contributed by atoms with Gasteiger partial charge in [0.25, 0.3) is 0 Å². The summed E-state index contributed by atoms with van der Waals surface area (Å²) in [4.78, 5) is 25.5. The number of amides is 2. The molecule has 2 heterocycles. The van der Waals surface area contributed by atoms with Crippen molar-refractivity contribution in [3.63, 3.8) is 0 Å². The predicted molar refractivity (Wildman–Crippen MR) is 84.1 cm³/mol. The van der Waals surface area contributed by atoms with Crippen molar-refractivity contribution in [1.29, 1.82) is 0 Å². The van der Waals surface area contributed by atoms with E-state index in [2.05, 4.69) is 18.8 Å². The summed E-state index contributed by atoms with van der Waals surface area (Å²) in [6.45, 7) is 8.57. The van der Waals surface area contributed by atoms with Gasteiger partial charge in [-0.25, -0.2) is 0 Å². The van der Waals surface area contributed by atoms with Crippen LogP contribution >= 0.6 is 0 Å². The molecule has 0 saturated carbocycles. The van der Waals surface area contributed by atoms with Gasteiger partial charge in [0.15, 0.2) is 0 Å². The molecule has 2 atom stereocenters. The van der Waals surface area contributed by atoms with Crippen LogP contribution in [0.2, 0.25) is 0 Å². The van der Waals surface area contributed by atoms with Crippen molar-refractivity contribution >= 4 is 11.8 Å². The van der Waals surface area contributed by atoms with Gasteiger partial charge in [-0.05, 0) is 43.9 Å². The van der Waals surface area contributed by atoms with Crippen LogP contribution in [0.25, 0.3) is 0 Å². The van der Waals surface area contributed by atoms with Crippen LogP contribution in [0.15, 0.2) is 29.2 Å². The maximum absolute atomic E-state index is 12.5. The lowest BCUT2D eigenvalue weighted by molar-refractivity contribution is -0.136. The number of hydrogen-bond donors (Lipinski definition) is 1. The minimum atomic E-state index is -0.252. The lowest BCUT2D eigenvalue weighted by Crippen LogP contribution is -2.41. The molecule has 1 saturated heterocycles. The van der Waals surface area contributed by atoms with Crippen molar-refractivity contribution in [2.75, 3.05) is 13.1 Å². The first-order valence-electron chi connectivity index (χ1n) is 7.77. The lowest BCUT2D eigenvalue weighted by atomic mass is 9.91. The molecule has 1 aliphatic heterocycles. The van der Waals surface area contributed by atoms with Gasteiger partial charge in [0, 0.05) is 19.5 Å². The van der Waals surface area contributed by atoms with E-state index in [-0.39, 0.29) is 17.9 Å². The highest BCUT2D eigenvalue weighted by atomic mass is 16.3. The largest absolute Gasteiger partial charge is 0.464 e. The number of aryl methyl sites for hydroxylation is 1. The summed E-state index contributed by atoms with van der Waals surface area (Å²) in [5.41, 5.74) is 0. The Labute approximate surface area is 131 Å². The van der Waals surface area contributed by atoms with Gasteiger partial charge in [-0.3, -0.25) is 9.59 Å². The minimum Gasteiger partial charge on any atom is -0.464 e. The van der Waals surface area contributed by atoms with E-state index in [1.807, 2.05) is 24.0 Å². The Hall–Kier alpha value is -2.04. The smallest absolute Gasteiger partial charge is 0.243 e. The van der Waals surface area contributed by atoms with E-state index in [4.69, 9.17) is 4.42 Å². The molecule has 0 radical (unpaired) electrons. The summed E-state index contributed by atoms with van der Waals surface area (Å²) in [6.07, 6.45) is 3.42. The second-order valence-electron chi connectivity index (χ2n) is 5.93. The second-order valence-corrected chi connectivity index (χ2v) is 5.93. The van der Waals surface area contributed by atoms with Gasteiger partial charge in [-0.2, -0.15) is 0 Å². The average Bonchev–Trinajstić information content (AvgIpc) is 2.93. The molecule has 0 aromatic carbocycles. The van der Waals surface area contributed by atoms with E-state index in [0.717, 1.165) is 30.9 Å². The number of nitrogens with one attached hydrogen (secondary N) is 1. The third-order valence-electron chi connectivity index (χ3n) is 4.10. The average molecular weight is 304 g/mol. The Morgan fingerprint density at radius 2 is 2.27 bits per heavy atom. The lowest BCUT2D eigenvalue weighted by Gasteiger charge is -2.37. The van der Waals surface area contributed by atoms with Gasteiger partial charge < -0.3 is 14.6 Å². The number of piperidine rings is 1.